The summed E-state index contributed by atoms with van der Waals surface area (Å²) in [5.41, 5.74) is 0. The minimum absolute atomic E-state index is 0.104. The SMILES string of the molecule is CC\C=C/C=C\C=C/C=C\CCCCCCCC(=O)OCC(COC(=O)CCCCCCCCCCCC/C=C\C=C/CCCCC)OC(=O)CCCCC/C=C\C/C=C\C/C=C\C/C=C\CC. The van der Waals surface area contributed by atoms with Gasteiger partial charge >= 0.3 is 17.9 Å². The predicted molar refractivity (Wildman–Crippen MR) is 293 cm³/mol. The molecule has 0 rings (SSSR count). The molecular weight excluding hydrogens is 841 g/mol. The molecule has 0 fully saturated rings. The van der Waals surface area contributed by atoms with Gasteiger partial charge in [0, 0.05) is 19.3 Å². The lowest BCUT2D eigenvalue weighted by molar-refractivity contribution is -0.167. The van der Waals surface area contributed by atoms with Crippen LogP contribution in [0.15, 0.2) is 122 Å². The summed E-state index contributed by atoms with van der Waals surface area (Å²) < 4.78 is 16.8. The maximum absolute atomic E-state index is 12.8. The topological polar surface area (TPSA) is 78.9 Å². The van der Waals surface area contributed by atoms with E-state index in [1.54, 1.807) is 0 Å². The van der Waals surface area contributed by atoms with E-state index in [-0.39, 0.29) is 37.5 Å². The highest BCUT2D eigenvalue weighted by atomic mass is 16.6. The fourth-order valence-electron chi connectivity index (χ4n) is 7.20. The number of ether oxygens (including phenoxy) is 3. The molecule has 0 N–H and O–H groups in total. The Morgan fingerprint density at radius 3 is 1.10 bits per heavy atom. The Morgan fingerprint density at radius 1 is 0.324 bits per heavy atom. The number of hydrogen-bond donors (Lipinski definition) is 0. The highest BCUT2D eigenvalue weighted by Crippen LogP contribution is 2.14. The number of esters is 3. The Balaban J connectivity index is 4.48. The maximum atomic E-state index is 12.8. The molecule has 0 amide bonds. The Kier molecular flexibility index (Phi) is 52.0. The third-order valence-corrected chi connectivity index (χ3v) is 11.3. The van der Waals surface area contributed by atoms with Crippen LogP contribution >= 0.6 is 0 Å². The van der Waals surface area contributed by atoms with E-state index in [4.69, 9.17) is 14.2 Å². The summed E-state index contributed by atoms with van der Waals surface area (Å²) in [5.74, 6) is -0.966. The number of hydrogen-bond acceptors (Lipinski definition) is 6. The highest BCUT2D eigenvalue weighted by molar-refractivity contribution is 5.71. The average Bonchev–Trinajstić information content (AvgIpc) is 3.34. The summed E-state index contributed by atoms with van der Waals surface area (Å²) in [6.07, 6.45) is 76.1. The van der Waals surface area contributed by atoms with Crippen molar-refractivity contribution in [2.24, 2.45) is 0 Å². The molecule has 0 aliphatic heterocycles. The van der Waals surface area contributed by atoms with Crippen LogP contribution in [0.25, 0.3) is 0 Å². The Bertz CT molecular complexity index is 1450. The van der Waals surface area contributed by atoms with Gasteiger partial charge in [0.05, 0.1) is 0 Å². The molecule has 0 aromatic carbocycles. The van der Waals surface area contributed by atoms with Crippen LogP contribution in [0, 0.1) is 0 Å². The molecule has 0 bridgehead atoms. The van der Waals surface area contributed by atoms with Gasteiger partial charge in [-0.05, 0) is 103 Å². The van der Waals surface area contributed by atoms with Gasteiger partial charge in [-0.1, -0.05) is 232 Å². The van der Waals surface area contributed by atoms with Crippen molar-refractivity contribution in [2.45, 2.75) is 239 Å². The molecule has 68 heavy (non-hydrogen) atoms. The smallest absolute Gasteiger partial charge is 0.306 e. The van der Waals surface area contributed by atoms with Gasteiger partial charge in [-0.2, -0.15) is 0 Å². The van der Waals surface area contributed by atoms with Crippen LogP contribution in [0.3, 0.4) is 0 Å². The van der Waals surface area contributed by atoms with Crippen molar-refractivity contribution in [3.63, 3.8) is 0 Å². The van der Waals surface area contributed by atoms with E-state index in [0.29, 0.717) is 12.8 Å². The molecule has 0 saturated carbocycles. The van der Waals surface area contributed by atoms with Crippen molar-refractivity contribution in [3.8, 4) is 0 Å². The van der Waals surface area contributed by atoms with Gasteiger partial charge in [-0.15, -0.1) is 0 Å². The second-order valence-electron chi connectivity index (χ2n) is 17.8. The van der Waals surface area contributed by atoms with E-state index in [0.717, 1.165) is 116 Å². The molecule has 1 unspecified atom stereocenters. The van der Waals surface area contributed by atoms with Crippen molar-refractivity contribution in [1.29, 1.82) is 0 Å². The molecule has 0 radical (unpaired) electrons. The standard InChI is InChI=1S/C62H100O6/c1-4-7-10-13-16-19-22-25-28-30-31-32-35-37-40-43-46-49-52-55-61(64)67-58-59(57-66-60(63)54-51-48-45-42-39-36-33-27-24-21-18-15-12-9-6-3)68-62(65)56-53-50-47-44-41-38-34-29-26-23-20-17-14-11-8-5-2/h8-9,11-12,15-22,24-27,29,33,38,41,59H,4-7,10,13-14,23,28,30-32,34-37,39-40,42-58H2,1-3H3/b11-8-,12-9-,18-15-,19-16-,20-17-,24-21-,25-22-,29-26-,33-27-,41-38-. The van der Waals surface area contributed by atoms with Gasteiger partial charge in [0.15, 0.2) is 6.10 Å². The zero-order chi connectivity index (χ0) is 49.3. The van der Waals surface area contributed by atoms with Crippen molar-refractivity contribution in [1.82, 2.24) is 0 Å². The number of rotatable bonds is 48. The molecule has 0 aromatic heterocycles. The zero-order valence-electron chi connectivity index (χ0n) is 43.8. The summed E-state index contributed by atoms with van der Waals surface area (Å²) in [5, 5.41) is 0. The van der Waals surface area contributed by atoms with E-state index in [1.807, 2.05) is 18.2 Å². The summed E-state index contributed by atoms with van der Waals surface area (Å²) in [6, 6.07) is 0. The average molecular weight is 941 g/mol. The normalized spacial score (nSPS) is 13.0. The molecule has 0 heterocycles. The predicted octanol–water partition coefficient (Wildman–Crippen LogP) is 18.5. The fraction of sp³-hybridized carbons (Fsp3) is 0.629. The largest absolute Gasteiger partial charge is 0.462 e. The molecule has 384 valence electrons. The fourth-order valence-corrected chi connectivity index (χ4v) is 7.20. The quantitative estimate of drug-likeness (QED) is 0.0199. The van der Waals surface area contributed by atoms with Gasteiger partial charge in [0.25, 0.3) is 0 Å². The van der Waals surface area contributed by atoms with E-state index in [1.165, 1.54) is 77.0 Å². The monoisotopic (exact) mass is 941 g/mol. The lowest BCUT2D eigenvalue weighted by atomic mass is 10.1. The molecule has 0 aliphatic carbocycles. The van der Waals surface area contributed by atoms with Crippen LogP contribution in [-0.2, 0) is 28.6 Å². The summed E-state index contributed by atoms with van der Waals surface area (Å²) in [6.45, 7) is 6.30. The van der Waals surface area contributed by atoms with E-state index >= 15 is 0 Å². The molecule has 0 saturated heterocycles. The van der Waals surface area contributed by atoms with Crippen molar-refractivity contribution in [2.75, 3.05) is 13.2 Å². The first-order chi connectivity index (χ1) is 33.5. The first kappa shape index (κ1) is 63.8. The van der Waals surface area contributed by atoms with E-state index in [9.17, 15) is 14.4 Å². The van der Waals surface area contributed by atoms with Crippen LogP contribution in [0.2, 0.25) is 0 Å². The maximum Gasteiger partial charge on any atom is 0.306 e. The molecule has 6 nitrogen and oxygen atoms in total. The molecule has 0 spiro atoms. The molecule has 6 heteroatoms. The number of unbranched alkanes of at least 4 members (excludes halogenated alkanes) is 21. The van der Waals surface area contributed by atoms with Crippen LogP contribution in [0.5, 0.6) is 0 Å². The van der Waals surface area contributed by atoms with Crippen LogP contribution in [0.4, 0.5) is 0 Å². The molecule has 0 aliphatic rings. The number of allylic oxidation sites excluding steroid dienone is 20. The Hall–Kier alpha value is -4.19. The van der Waals surface area contributed by atoms with Gasteiger partial charge in [-0.3, -0.25) is 14.4 Å². The second-order valence-corrected chi connectivity index (χ2v) is 17.8. The summed E-state index contributed by atoms with van der Waals surface area (Å²) in [4.78, 5) is 38.1. The van der Waals surface area contributed by atoms with Gasteiger partial charge in [0.2, 0.25) is 0 Å². The zero-order valence-corrected chi connectivity index (χ0v) is 43.8. The van der Waals surface area contributed by atoms with Crippen molar-refractivity contribution >= 4 is 17.9 Å². The van der Waals surface area contributed by atoms with Crippen molar-refractivity contribution < 1.29 is 28.6 Å². The van der Waals surface area contributed by atoms with Gasteiger partial charge in [-0.25, -0.2) is 0 Å². The lowest BCUT2D eigenvalue weighted by Crippen LogP contribution is -2.30. The van der Waals surface area contributed by atoms with E-state index < -0.39 is 6.10 Å². The lowest BCUT2D eigenvalue weighted by Gasteiger charge is -2.18. The number of carbonyl (C=O) groups excluding carboxylic acids is 3. The number of carbonyl (C=O) groups is 3. The summed E-state index contributed by atoms with van der Waals surface area (Å²) >= 11 is 0. The minimum Gasteiger partial charge on any atom is -0.462 e. The van der Waals surface area contributed by atoms with Gasteiger partial charge in [0.1, 0.15) is 13.2 Å². The third kappa shape index (κ3) is 52.8. The van der Waals surface area contributed by atoms with Crippen LogP contribution < -0.4 is 0 Å². The Labute approximate surface area is 418 Å². The molecular formula is C62H100O6. The van der Waals surface area contributed by atoms with E-state index in [2.05, 4.69) is 124 Å². The van der Waals surface area contributed by atoms with Crippen LogP contribution in [-0.4, -0.2) is 37.2 Å². The third-order valence-electron chi connectivity index (χ3n) is 11.3. The molecule has 0 aromatic rings. The van der Waals surface area contributed by atoms with Crippen molar-refractivity contribution in [3.05, 3.63) is 122 Å². The first-order valence-corrected chi connectivity index (χ1v) is 27.6. The molecule has 1 atom stereocenters. The van der Waals surface area contributed by atoms with Crippen LogP contribution in [0.1, 0.15) is 233 Å². The minimum atomic E-state index is -0.810. The first-order valence-electron chi connectivity index (χ1n) is 27.6. The van der Waals surface area contributed by atoms with Gasteiger partial charge < -0.3 is 14.2 Å². The Morgan fingerprint density at radius 2 is 0.647 bits per heavy atom. The highest BCUT2D eigenvalue weighted by Gasteiger charge is 2.19. The summed E-state index contributed by atoms with van der Waals surface area (Å²) in [7, 11) is 0. The second kappa shape index (κ2) is 55.4.